The molecule has 1 aliphatic carbocycles. The van der Waals surface area contributed by atoms with Gasteiger partial charge >= 0.3 is 5.97 Å². The third-order valence-corrected chi connectivity index (χ3v) is 9.59. The molecule has 1 saturated heterocycles. The van der Waals surface area contributed by atoms with Crippen LogP contribution in [-0.2, 0) is 48.0 Å². The maximum Gasteiger partial charge on any atom is 0.327 e. The van der Waals surface area contributed by atoms with Crippen molar-refractivity contribution in [2.75, 3.05) is 26.7 Å². The van der Waals surface area contributed by atoms with Crippen molar-refractivity contribution in [2.45, 2.75) is 94.4 Å². The average Bonchev–Trinajstić information content (AvgIpc) is 3.67. The van der Waals surface area contributed by atoms with Crippen LogP contribution in [-0.4, -0.2) is 90.4 Å². The minimum absolute atomic E-state index is 0.000375. The van der Waals surface area contributed by atoms with E-state index in [1.165, 1.54) is 12.0 Å². The molecule has 4 rings (SSSR count). The molecule has 2 unspecified atom stereocenters. The fraction of sp³-hybridized carbons (Fsp3) is 0.541. The van der Waals surface area contributed by atoms with Crippen LogP contribution in [0.15, 0.2) is 54.6 Å². The lowest BCUT2D eigenvalue weighted by Crippen LogP contribution is -2.61. The second-order valence-electron chi connectivity index (χ2n) is 14.2. The summed E-state index contributed by atoms with van der Waals surface area (Å²) in [6.07, 6.45) is 2.89. The van der Waals surface area contributed by atoms with Gasteiger partial charge in [0.25, 0.3) is 0 Å². The van der Waals surface area contributed by atoms with Crippen molar-refractivity contribution in [2.24, 2.45) is 23.1 Å². The first kappa shape index (κ1) is 38.5. The second kappa shape index (κ2) is 17.1. The highest BCUT2D eigenvalue weighted by atomic mass is 16.5. The monoisotopic (exact) mass is 691 g/mol. The molecule has 13 nitrogen and oxygen atoms in total. The highest BCUT2D eigenvalue weighted by Crippen LogP contribution is 2.29. The summed E-state index contributed by atoms with van der Waals surface area (Å²) >= 11 is 0. The highest BCUT2D eigenvalue weighted by Gasteiger charge is 2.45. The Balaban J connectivity index is 1.51. The molecule has 0 radical (unpaired) electrons. The molecule has 1 heterocycles. The SMILES string of the molecule is COC(=O)C1(N)CCN(C(=O)[C@@H](CCCCN)NC(=O)C(CC(C)C)NC(=O)[C@@H](Cc2ccccc2)NC(=O)C2(N)Cc3ccccc3C2)C1. The van der Waals surface area contributed by atoms with Gasteiger partial charge in [-0.15, -0.1) is 0 Å². The number of nitrogens with two attached hydrogens (primary N) is 3. The van der Waals surface area contributed by atoms with Gasteiger partial charge in [-0.25, -0.2) is 4.79 Å². The van der Waals surface area contributed by atoms with Crippen LogP contribution in [0.1, 0.15) is 62.6 Å². The minimum atomic E-state index is -1.33. The number of hydrogen-bond donors (Lipinski definition) is 6. The Kier molecular flexibility index (Phi) is 13.1. The molecule has 50 heavy (non-hydrogen) atoms. The van der Waals surface area contributed by atoms with Gasteiger partial charge in [-0.05, 0) is 74.1 Å². The number of nitrogens with zero attached hydrogens (tertiary/aromatic N) is 1. The second-order valence-corrected chi connectivity index (χ2v) is 14.2. The summed E-state index contributed by atoms with van der Waals surface area (Å²) < 4.78 is 4.85. The third-order valence-electron chi connectivity index (χ3n) is 9.59. The molecule has 272 valence electrons. The van der Waals surface area contributed by atoms with Crippen LogP contribution in [0.2, 0.25) is 0 Å². The van der Waals surface area contributed by atoms with Crippen molar-refractivity contribution in [3.63, 3.8) is 0 Å². The van der Waals surface area contributed by atoms with Gasteiger partial charge in [-0.1, -0.05) is 68.4 Å². The molecule has 0 bridgehead atoms. The van der Waals surface area contributed by atoms with Gasteiger partial charge in [0.2, 0.25) is 23.6 Å². The number of nitrogens with one attached hydrogen (secondary N) is 3. The fourth-order valence-electron chi connectivity index (χ4n) is 6.78. The summed E-state index contributed by atoms with van der Waals surface area (Å²) in [7, 11) is 1.25. The first-order chi connectivity index (χ1) is 23.8. The van der Waals surface area contributed by atoms with Gasteiger partial charge in [0.15, 0.2) is 0 Å². The number of unbranched alkanes of at least 4 members (excludes halogenated alkanes) is 1. The lowest BCUT2D eigenvalue weighted by molar-refractivity contribution is -0.147. The number of amides is 4. The maximum atomic E-state index is 14.0. The van der Waals surface area contributed by atoms with Gasteiger partial charge in [-0.3, -0.25) is 19.2 Å². The van der Waals surface area contributed by atoms with E-state index >= 15 is 0 Å². The molecule has 0 saturated carbocycles. The zero-order chi connectivity index (χ0) is 36.5. The van der Waals surface area contributed by atoms with Gasteiger partial charge in [-0.2, -0.15) is 0 Å². The van der Waals surface area contributed by atoms with Gasteiger partial charge < -0.3 is 42.8 Å². The Morgan fingerprint density at radius 1 is 0.820 bits per heavy atom. The van der Waals surface area contributed by atoms with E-state index < -0.39 is 52.9 Å². The molecule has 13 heteroatoms. The topological polar surface area (TPSA) is 212 Å². The van der Waals surface area contributed by atoms with Gasteiger partial charge in [0.05, 0.1) is 7.11 Å². The van der Waals surface area contributed by atoms with Crippen LogP contribution in [0.4, 0.5) is 0 Å². The van der Waals surface area contributed by atoms with Crippen molar-refractivity contribution >= 4 is 29.6 Å². The first-order valence-electron chi connectivity index (χ1n) is 17.5. The number of hydrogen-bond acceptors (Lipinski definition) is 9. The Hall–Kier alpha value is -4.33. The molecule has 0 aromatic heterocycles. The number of esters is 1. The molecular formula is C37H53N7O6. The quantitative estimate of drug-likeness (QED) is 0.106. The number of methoxy groups -OCH3 is 1. The van der Waals surface area contributed by atoms with Gasteiger partial charge in [0.1, 0.15) is 29.2 Å². The number of ether oxygens (including phenoxy) is 1. The van der Waals surface area contributed by atoms with Crippen molar-refractivity contribution in [1.82, 2.24) is 20.9 Å². The maximum absolute atomic E-state index is 14.0. The zero-order valence-corrected chi connectivity index (χ0v) is 29.4. The van der Waals surface area contributed by atoms with Crippen molar-refractivity contribution in [3.8, 4) is 0 Å². The van der Waals surface area contributed by atoms with E-state index in [1.54, 1.807) is 0 Å². The summed E-state index contributed by atoms with van der Waals surface area (Å²) in [6.45, 7) is 4.46. The van der Waals surface area contributed by atoms with E-state index in [9.17, 15) is 24.0 Å². The predicted molar refractivity (Wildman–Crippen MR) is 189 cm³/mol. The molecule has 4 amide bonds. The van der Waals surface area contributed by atoms with E-state index in [-0.39, 0.29) is 44.2 Å². The summed E-state index contributed by atoms with van der Waals surface area (Å²) in [5.74, 6) is -2.50. The largest absolute Gasteiger partial charge is 0.468 e. The molecule has 2 aromatic carbocycles. The summed E-state index contributed by atoms with van der Waals surface area (Å²) in [5.41, 5.74) is 18.9. The van der Waals surface area contributed by atoms with E-state index in [2.05, 4.69) is 16.0 Å². The molecule has 9 N–H and O–H groups in total. The smallest absolute Gasteiger partial charge is 0.327 e. The van der Waals surface area contributed by atoms with Crippen LogP contribution in [0.25, 0.3) is 0 Å². The van der Waals surface area contributed by atoms with Crippen molar-refractivity contribution < 1.29 is 28.7 Å². The number of carbonyl (C=O) groups is 5. The van der Waals surface area contributed by atoms with Crippen LogP contribution in [0.3, 0.4) is 0 Å². The molecule has 1 aliphatic heterocycles. The van der Waals surface area contributed by atoms with E-state index in [0.29, 0.717) is 38.6 Å². The molecule has 2 aromatic rings. The average molecular weight is 692 g/mol. The van der Waals surface area contributed by atoms with Gasteiger partial charge in [0, 0.05) is 19.5 Å². The summed E-state index contributed by atoms with van der Waals surface area (Å²) in [4.78, 5) is 69.2. The number of likely N-dealkylation sites (tertiary alicyclic amines) is 1. The first-order valence-corrected chi connectivity index (χ1v) is 17.5. The number of rotatable bonds is 16. The summed E-state index contributed by atoms with van der Waals surface area (Å²) in [5, 5.41) is 8.65. The Bertz CT molecular complexity index is 1490. The molecule has 0 spiro atoms. The lowest BCUT2D eigenvalue weighted by atomic mass is 9.94. The number of fused-ring (bicyclic) bond motifs is 1. The van der Waals surface area contributed by atoms with E-state index in [1.807, 2.05) is 68.4 Å². The molecule has 4 atom stereocenters. The minimum Gasteiger partial charge on any atom is -0.468 e. The van der Waals surface area contributed by atoms with E-state index in [0.717, 1.165) is 16.7 Å². The Morgan fingerprint density at radius 2 is 1.42 bits per heavy atom. The fourth-order valence-corrected chi connectivity index (χ4v) is 6.78. The van der Waals surface area contributed by atoms with Crippen molar-refractivity contribution in [1.29, 1.82) is 0 Å². The van der Waals surface area contributed by atoms with E-state index in [4.69, 9.17) is 21.9 Å². The lowest BCUT2D eigenvalue weighted by Gasteiger charge is -2.30. The highest BCUT2D eigenvalue weighted by molar-refractivity contribution is 5.96. The number of carbonyl (C=O) groups excluding carboxylic acids is 5. The number of benzene rings is 2. The Labute approximate surface area is 294 Å². The standard InChI is InChI=1S/C37H53N7O6/c1-24(2)19-29(31(45)41-28(15-9-10-17-38)33(47)44-18-16-36(39,23-44)35(49)50-3)42-32(46)30(20-25-11-5-4-6-12-25)43-34(48)37(40)21-26-13-7-8-14-27(26)22-37/h4-8,11-14,24,28-30H,9-10,15-23,38-40H2,1-3H3,(H,41,45)(H,42,46)(H,43,48)/t28-,29?,30-,36?/m1/s1. The molecule has 1 fully saturated rings. The predicted octanol–water partition coefficient (Wildman–Crippen LogP) is 0.458. The van der Waals surface area contributed by atoms with Crippen LogP contribution in [0, 0.1) is 5.92 Å². The summed E-state index contributed by atoms with van der Waals surface area (Å²) in [6, 6.07) is 14.0. The van der Waals surface area contributed by atoms with Crippen LogP contribution >= 0.6 is 0 Å². The third kappa shape index (κ3) is 9.67. The Morgan fingerprint density at radius 3 is 2.02 bits per heavy atom. The molecular weight excluding hydrogens is 638 g/mol. The van der Waals surface area contributed by atoms with Crippen molar-refractivity contribution in [3.05, 3.63) is 71.3 Å². The van der Waals surface area contributed by atoms with Crippen LogP contribution < -0.4 is 33.2 Å². The normalized spacial score (nSPS) is 19.6. The zero-order valence-electron chi connectivity index (χ0n) is 29.4. The van der Waals surface area contributed by atoms with Crippen LogP contribution in [0.5, 0.6) is 0 Å². The molecule has 2 aliphatic rings.